The lowest BCUT2D eigenvalue weighted by atomic mass is 10.2. The quantitative estimate of drug-likeness (QED) is 0.633. The van der Waals surface area contributed by atoms with E-state index in [2.05, 4.69) is 10.00 Å². The van der Waals surface area contributed by atoms with E-state index >= 15 is 0 Å². The summed E-state index contributed by atoms with van der Waals surface area (Å²) in [5.41, 5.74) is 2.00. The number of thiophene rings is 1. The molecule has 1 saturated heterocycles. The Kier molecular flexibility index (Phi) is 5.96. The van der Waals surface area contributed by atoms with Crippen LogP contribution in [-0.2, 0) is 4.79 Å². The molecule has 0 saturated carbocycles. The van der Waals surface area contributed by atoms with E-state index in [0.717, 1.165) is 29.3 Å². The van der Waals surface area contributed by atoms with E-state index < -0.39 is 0 Å². The minimum Gasteiger partial charge on any atom is -0.339 e. The molecule has 0 bridgehead atoms. The highest BCUT2D eigenvalue weighted by Crippen LogP contribution is 2.26. The van der Waals surface area contributed by atoms with Crippen molar-refractivity contribution in [2.45, 2.75) is 0 Å². The number of benzene rings is 1. The van der Waals surface area contributed by atoms with E-state index in [9.17, 15) is 9.59 Å². The Balaban J connectivity index is 1.57. The fraction of sp³-hybridized carbons (Fsp3) is 0.318. The lowest BCUT2D eigenvalue weighted by molar-refractivity contribution is -0.133. The normalized spacial score (nSPS) is 14.7. The third-order valence-corrected chi connectivity index (χ3v) is 6.17. The summed E-state index contributed by atoms with van der Waals surface area (Å²) in [4.78, 5) is 32.5. The van der Waals surface area contributed by atoms with Gasteiger partial charge in [0.2, 0.25) is 5.91 Å². The first-order valence-electron chi connectivity index (χ1n) is 9.94. The van der Waals surface area contributed by atoms with Gasteiger partial charge in [-0.25, -0.2) is 4.68 Å². The van der Waals surface area contributed by atoms with Gasteiger partial charge in [-0.15, -0.1) is 11.3 Å². The molecule has 1 aromatic carbocycles. The van der Waals surface area contributed by atoms with Crippen LogP contribution >= 0.6 is 11.3 Å². The molecule has 0 atom stereocenters. The van der Waals surface area contributed by atoms with Gasteiger partial charge in [-0.05, 0) is 36.7 Å². The first-order valence-corrected chi connectivity index (χ1v) is 10.8. The third-order valence-electron chi connectivity index (χ3n) is 5.28. The molecule has 3 aromatic rings. The Morgan fingerprint density at radius 3 is 2.47 bits per heavy atom. The third kappa shape index (κ3) is 4.29. The maximum atomic E-state index is 13.3. The van der Waals surface area contributed by atoms with Gasteiger partial charge >= 0.3 is 0 Å². The Morgan fingerprint density at radius 1 is 1.07 bits per heavy atom. The zero-order chi connectivity index (χ0) is 21.1. The van der Waals surface area contributed by atoms with E-state index in [1.54, 1.807) is 29.1 Å². The number of amides is 2. The first-order chi connectivity index (χ1) is 14.5. The van der Waals surface area contributed by atoms with Crippen molar-refractivity contribution >= 4 is 23.2 Å². The molecule has 30 heavy (non-hydrogen) atoms. The van der Waals surface area contributed by atoms with E-state index in [0.29, 0.717) is 18.8 Å². The number of para-hydroxylation sites is 1. The van der Waals surface area contributed by atoms with Crippen molar-refractivity contribution in [2.24, 2.45) is 0 Å². The SMILES string of the molecule is CN1CCN(C(=O)CN(C)C(=O)c2cc(-c3cccs3)nn2-c2ccccc2)CC1. The first kappa shape index (κ1) is 20.3. The summed E-state index contributed by atoms with van der Waals surface area (Å²) in [6.45, 7) is 3.16. The molecule has 7 nitrogen and oxygen atoms in total. The number of aromatic nitrogens is 2. The topological polar surface area (TPSA) is 61.7 Å². The van der Waals surface area contributed by atoms with Gasteiger partial charge in [0.1, 0.15) is 11.4 Å². The number of nitrogens with zero attached hydrogens (tertiary/aromatic N) is 5. The molecule has 0 unspecified atom stereocenters. The molecule has 0 N–H and O–H groups in total. The number of hydrogen-bond acceptors (Lipinski definition) is 5. The van der Waals surface area contributed by atoms with Gasteiger partial charge in [0, 0.05) is 33.2 Å². The summed E-state index contributed by atoms with van der Waals surface area (Å²) >= 11 is 1.58. The van der Waals surface area contributed by atoms with Crippen LogP contribution in [0.3, 0.4) is 0 Å². The number of hydrogen-bond donors (Lipinski definition) is 0. The summed E-state index contributed by atoms with van der Waals surface area (Å²) < 4.78 is 1.66. The van der Waals surface area contributed by atoms with Crippen LogP contribution in [-0.4, -0.2) is 83.1 Å². The molecule has 1 fully saturated rings. The van der Waals surface area contributed by atoms with E-state index in [-0.39, 0.29) is 18.4 Å². The monoisotopic (exact) mass is 423 g/mol. The van der Waals surface area contributed by atoms with E-state index in [4.69, 9.17) is 0 Å². The summed E-state index contributed by atoms with van der Waals surface area (Å²) in [5, 5.41) is 6.67. The van der Waals surface area contributed by atoms with Crippen molar-refractivity contribution in [3.63, 3.8) is 0 Å². The number of likely N-dealkylation sites (N-methyl/N-ethyl adjacent to an activating group) is 2. The van der Waals surface area contributed by atoms with Crippen LogP contribution in [0.4, 0.5) is 0 Å². The Morgan fingerprint density at radius 2 is 1.80 bits per heavy atom. The minimum absolute atomic E-state index is 0.0248. The van der Waals surface area contributed by atoms with Gasteiger partial charge in [0.05, 0.1) is 17.1 Å². The van der Waals surface area contributed by atoms with Crippen molar-refractivity contribution in [3.8, 4) is 16.3 Å². The highest BCUT2D eigenvalue weighted by Gasteiger charge is 2.25. The van der Waals surface area contributed by atoms with Crippen LogP contribution in [0, 0.1) is 0 Å². The highest BCUT2D eigenvalue weighted by molar-refractivity contribution is 7.13. The molecule has 1 aliphatic heterocycles. The van der Waals surface area contributed by atoms with Crippen LogP contribution in [0.25, 0.3) is 16.3 Å². The van der Waals surface area contributed by atoms with E-state index in [1.807, 2.05) is 59.8 Å². The average molecular weight is 424 g/mol. The lowest BCUT2D eigenvalue weighted by Gasteiger charge is -2.33. The average Bonchev–Trinajstić information content (AvgIpc) is 3.44. The zero-order valence-electron chi connectivity index (χ0n) is 17.2. The van der Waals surface area contributed by atoms with Gasteiger partial charge < -0.3 is 14.7 Å². The van der Waals surface area contributed by atoms with Crippen molar-refractivity contribution < 1.29 is 9.59 Å². The second-order valence-corrected chi connectivity index (χ2v) is 8.43. The van der Waals surface area contributed by atoms with Gasteiger partial charge in [-0.2, -0.15) is 5.10 Å². The van der Waals surface area contributed by atoms with Crippen LogP contribution in [0.5, 0.6) is 0 Å². The molecule has 0 aliphatic carbocycles. The molecule has 2 amide bonds. The largest absolute Gasteiger partial charge is 0.339 e. The fourth-order valence-corrected chi connectivity index (χ4v) is 4.15. The maximum absolute atomic E-state index is 13.3. The Labute approximate surface area is 180 Å². The zero-order valence-corrected chi connectivity index (χ0v) is 18.0. The molecule has 4 rings (SSSR count). The van der Waals surface area contributed by atoms with Gasteiger partial charge in [-0.1, -0.05) is 24.3 Å². The second kappa shape index (κ2) is 8.81. The van der Waals surface area contributed by atoms with Gasteiger partial charge in [0.15, 0.2) is 0 Å². The Hall–Kier alpha value is -2.97. The number of carbonyl (C=O) groups excluding carboxylic acids is 2. The minimum atomic E-state index is -0.225. The predicted octanol–water partition coefficient (Wildman–Crippen LogP) is 2.45. The van der Waals surface area contributed by atoms with Crippen molar-refractivity contribution in [3.05, 3.63) is 59.6 Å². The molecule has 156 valence electrons. The molecular weight excluding hydrogens is 398 g/mol. The van der Waals surface area contributed by atoms with Gasteiger partial charge in [0.25, 0.3) is 5.91 Å². The Bertz CT molecular complexity index is 1010. The number of rotatable bonds is 5. The van der Waals surface area contributed by atoms with E-state index in [1.165, 1.54) is 4.90 Å². The maximum Gasteiger partial charge on any atom is 0.272 e. The highest BCUT2D eigenvalue weighted by atomic mass is 32.1. The molecule has 0 radical (unpaired) electrons. The van der Waals surface area contributed by atoms with Crippen LogP contribution in [0.15, 0.2) is 53.9 Å². The molecular formula is C22H25N5O2S. The number of piperazine rings is 1. The summed E-state index contributed by atoms with van der Waals surface area (Å²) in [6, 6.07) is 15.3. The molecule has 8 heteroatoms. The van der Waals surface area contributed by atoms with Crippen molar-refractivity contribution in [2.75, 3.05) is 46.8 Å². The number of carbonyl (C=O) groups is 2. The molecule has 0 spiro atoms. The van der Waals surface area contributed by atoms with Crippen molar-refractivity contribution in [1.82, 2.24) is 24.5 Å². The van der Waals surface area contributed by atoms with Crippen LogP contribution in [0.1, 0.15) is 10.5 Å². The smallest absolute Gasteiger partial charge is 0.272 e. The summed E-state index contributed by atoms with van der Waals surface area (Å²) in [6.07, 6.45) is 0. The lowest BCUT2D eigenvalue weighted by Crippen LogP contribution is -2.50. The predicted molar refractivity (Wildman–Crippen MR) is 118 cm³/mol. The van der Waals surface area contributed by atoms with Crippen LogP contribution < -0.4 is 0 Å². The van der Waals surface area contributed by atoms with Crippen molar-refractivity contribution in [1.29, 1.82) is 0 Å². The second-order valence-electron chi connectivity index (χ2n) is 7.48. The molecule has 3 heterocycles. The van der Waals surface area contributed by atoms with Gasteiger partial charge in [-0.3, -0.25) is 9.59 Å². The molecule has 2 aromatic heterocycles. The molecule has 1 aliphatic rings. The summed E-state index contributed by atoms with van der Waals surface area (Å²) in [5.74, 6) is -0.250. The van der Waals surface area contributed by atoms with Crippen LogP contribution in [0.2, 0.25) is 0 Å². The summed E-state index contributed by atoms with van der Waals surface area (Å²) in [7, 11) is 3.72. The fourth-order valence-electron chi connectivity index (χ4n) is 3.47. The standard InChI is InChI=1S/C22H25N5O2S/c1-24-10-12-26(13-11-24)21(28)16-25(2)22(29)19-15-18(20-9-6-14-30-20)23-27(19)17-7-4-3-5-8-17/h3-9,14-15H,10-13,16H2,1-2H3.